The van der Waals surface area contributed by atoms with E-state index in [0.717, 1.165) is 17.9 Å². The summed E-state index contributed by atoms with van der Waals surface area (Å²) in [4.78, 5) is 0. The molecule has 1 aliphatic heterocycles. The molecule has 0 amide bonds. The molecule has 0 aliphatic carbocycles. The third kappa shape index (κ3) is 2.53. The van der Waals surface area contributed by atoms with Gasteiger partial charge in [0.1, 0.15) is 12.4 Å². The van der Waals surface area contributed by atoms with Gasteiger partial charge in [-0.1, -0.05) is 31.5 Å². The molecule has 3 heteroatoms. The Bertz CT molecular complexity index is 342. The first-order valence-corrected chi connectivity index (χ1v) is 6.96. The number of hydrogen-bond donors (Lipinski definition) is 1. The highest BCUT2D eigenvalue weighted by molar-refractivity contribution is 7.99. The van der Waals surface area contributed by atoms with Gasteiger partial charge in [-0.25, -0.2) is 0 Å². The first-order valence-electron chi connectivity index (χ1n) is 5.92. The summed E-state index contributed by atoms with van der Waals surface area (Å²) >= 11 is 1.94. The summed E-state index contributed by atoms with van der Waals surface area (Å²) < 4.78 is 5.74. The number of thioether (sulfide) groups is 1. The Balaban J connectivity index is 2.00. The highest BCUT2D eigenvalue weighted by atomic mass is 32.2. The minimum absolute atomic E-state index is 0.117. The molecule has 1 aliphatic rings. The van der Waals surface area contributed by atoms with Crippen LogP contribution >= 0.6 is 11.8 Å². The van der Waals surface area contributed by atoms with Crippen LogP contribution in [0.3, 0.4) is 0 Å². The molecule has 0 spiro atoms. The molecule has 2 atom stereocenters. The van der Waals surface area contributed by atoms with Crippen LogP contribution in [-0.2, 0) is 0 Å². The smallest absolute Gasteiger partial charge is 0.124 e. The van der Waals surface area contributed by atoms with Crippen LogP contribution in [0.1, 0.15) is 31.4 Å². The molecule has 2 N–H and O–H groups in total. The molecule has 2 rings (SSSR count). The van der Waals surface area contributed by atoms with E-state index in [0.29, 0.717) is 5.25 Å². The quantitative estimate of drug-likeness (QED) is 0.818. The Morgan fingerprint density at radius 3 is 3.06 bits per heavy atom. The molecule has 0 aromatic heterocycles. The lowest BCUT2D eigenvalue weighted by atomic mass is 10.0. The third-order valence-corrected chi connectivity index (χ3v) is 4.29. The van der Waals surface area contributed by atoms with Crippen molar-refractivity contribution in [3.8, 4) is 5.75 Å². The molecule has 1 heterocycles. The lowest BCUT2D eigenvalue weighted by Crippen LogP contribution is -2.33. The van der Waals surface area contributed by atoms with Gasteiger partial charge in [-0.05, 0) is 18.2 Å². The van der Waals surface area contributed by atoms with E-state index in [1.165, 1.54) is 18.6 Å². The fourth-order valence-electron chi connectivity index (χ4n) is 1.89. The van der Waals surface area contributed by atoms with Crippen LogP contribution in [0.15, 0.2) is 24.3 Å². The largest absolute Gasteiger partial charge is 0.492 e. The summed E-state index contributed by atoms with van der Waals surface area (Å²) in [6.07, 6.45) is 2.50. The fourth-order valence-corrected chi connectivity index (χ4v) is 3.17. The predicted molar refractivity (Wildman–Crippen MR) is 70.0 cm³/mol. The molecule has 88 valence electrons. The maximum atomic E-state index is 6.27. The molecule has 0 fully saturated rings. The highest BCUT2D eigenvalue weighted by Gasteiger charge is 2.27. The second kappa shape index (κ2) is 5.60. The normalized spacial score (nSPS) is 23.6. The van der Waals surface area contributed by atoms with E-state index in [2.05, 4.69) is 13.0 Å². The molecule has 1 aromatic rings. The van der Waals surface area contributed by atoms with Gasteiger partial charge in [-0.2, -0.15) is 11.8 Å². The van der Waals surface area contributed by atoms with Crippen molar-refractivity contribution in [2.75, 3.05) is 12.4 Å². The summed E-state index contributed by atoms with van der Waals surface area (Å²) in [5.41, 5.74) is 7.43. The summed E-state index contributed by atoms with van der Waals surface area (Å²) in [7, 11) is 0. The van der Waals surface area contributed by atoms with Crippen molar-refractivity contribution in [1.82, 2.24) is 0 Å². The number of para-hydroxylation sites is 1. The number of nitrogens with two attached hydrogens (primary N) is 1. The lowest BCUT2D eigenvalue weighted by molar-refractivity contribution is 0.276. The van der Waals surface area contributed by atoms with Gasteiger partial charge in [0.25, 0.3) is 0 Å². The molecule has 0 saturated carbocycles. The zero-order chi connectivity index (χ0) is 11.4. The Morgan fingerprint density at radius 1 is 1.44 bits per heavy atom. The van der Waals surface area contributed by atoms with Crippen molar-refractivity contribution in [3.63, 3.8) is 0 Å². The van der Waals surface area contributed by atoms with E-state index >= 15 is 0 Å². The van der Waals surface area contributed by atoms with Crippen LogP contribution in [0.5, 0.6) is 5.75 Å². The monoisotopic (exact) mass is 237 g/mol. The van der Waals surface area contributed by atoms with E-state index in [9.17, 15) is 0 Å². The van der Waals surface area contributed by atoms with Crippen molar-refractivity contribution >= 4 is 11.8 Å². The van der Waals surface area contributed by atoms with Gasteiger partial charge >= 0.3 is 0 Å². The maximum absolute atomic E-state index is 6.27. The van der Waals surface area contributed by atoms with E-state index in [4.69, 9.17) is 10.5 Å². The zero-order valence-corrected chi connectivity index (χ0v) is 10.5. The van der Waals surface area contributed by atoms with Crippen molar-refractivity contribution in [1.29, 1.82) is 0 Å². The summed E-state index contributed by atoms with van der Waals surface area (Å²) in [6, 6.07) is 8.22. The molecule has 1 aromatic carbocycles. The number of ether oxygens (including phenoxy) is 1. The summed E-state index contributed by atoms with van der Waals surface area (Å²) in [6.45, 7) is 2.96. The van der Waals surface area contributed by atoms with E-state index < -0.39 is 0 Å². The topological polar surface area (TPSA) is 35.2 Å². The van der Waals surface area contributed by atoms with Crippen LogP contribution in [-0.4, -0.2) is 17.6 Å². The number of fused-ring (bicyclic) bond motifs is 1. The van der Waals surface area contributed by atoms with Crippen LogP contribution in [0.25, 0.3) is 0 Å². The lowest BCUT2D eigenvalue weighted by Gasteiger charge is -2.30. The van der Waals surface area contributed by atoms with Crippen LogP contribution in [0, 0.1) is 0 Å². The Morgan fingerprint density at radius 2 is 2.25 bits per heavy atom. The Kier molecular flexibility index (Phi) is 4.13. The van der Waals surface area contributed by atoms with E-state index in [1.54, 1.807) is 0 Å². The predicted octanol–water partition coefficient (Wildman–Crippen LogP) is 2.98. The van der Waals surface area contributed by atoms with Gasteiger partial charge in [-0.3, -0.25) is 0 Å². The average Bonchev–Trinajstić information content (AvgIpc) is 2.33. The SMILES string of the molecule is CCCCSC1COc2ccccc2C1N. The standard InChI is InChI=1S/C13H19NOS/c1-2-3-8-16-12-9-15-11-7-5-4-6-10(11)13(12)14/h4-7,12-13H,2-3,8-9,14H2,1H3. The van der Waals surface area contributed by atoms with Crippen LogP contribution in [0.2, 0.25) is 0 Å². The summed E-state index contributed by atoms with van der Waals surface area (Å²) in [5, 5.41) is 0.404. The zero-order valence-electron chi connectivity index (χ0n) is 9.69. The molecule has 0 saturated heterocycles. The molecule has 2 unspecified atom stereocenters. The van der Waals surface area contributed by atoms with Crippen LogP contribution in [0.4, 0.5) is 0 Å². The molecule has 16 heavy (non-hydrogen) atoms. The van der Waals surface area contributed by atoms with Crippen molar-refractivity contribution < 1.29 is 4.74 Å². The number of rotatable bonds is 4. The Hall–Kier alpha value is -0.670. The fraction of sp³-hybridized carbons (Fsp3) is 0.538. The second-order valence-electron chi connectivity index (χ2n) is 4.14. The van der Waals surface area contributed by atoms with Gasteiger partial charge < -0.3 is 10.5 Å². The van der Waals surface area contributed by atoms with E-state index in [1.807, 2.05) is 30.0 Å². The molecule has 2 nitrogen and oxygen atoms in total. The minimum atomic E-state index is 0.117. The molecular weight excluding hydrogens is 218 g/mol. The van der Waals surface area contributed by atoms with Crippen molar-refractivity contribution in [3.05, 3.63) is 29.8 Å². The number of hydrogen-bond acceptors (Lipinski definition) is 3. The van der Waals surface area contributed by atoms with Gasteiger partial charge in [-0.15, -0.1) is 0 Å². The second-order valence-corrected chi connectivity index (χ2v) is 5.48. The number of unbranched alkanes of at least 4 members (excludes halogenated alkanes) is 1. The van der Waals surface area contributed by atoms with E-state index in [-0.39, 0.29) is 6.04 Å². The first-order chi connectivity index (χ1) is 7.83. The molecule has 0 radical (unpaired) electrons. The van der Waals surface area contributed by atoms with Crippen LogP contribution < -0.4 is 10.5 Å². The van der Waals surface area contributed by atoms with Crippen molar-refractivity contribution in [2.24, 2.45) is 5.73 Å². The first kappa shape index (κ1) is 11.8. The minimum Gasteiger partial charge on any atom is -0.492 e. The highest BCUT2D eigenvalue weighted by Crippen LogP contribution is 2.35. The average molecular weight is 237 g/mol. The molecule has 0 bridgehead atoms. The molecular formula is C13H19NOS. The van der Waals surface area contributed by atoms with Gasteiger partial charge in [0, 0.05) is 11.6 Å². The summed E-state index contributed by atoms with van der Waals surface area (Å²) in [5.74, 6) is 2.14. The number of benzene rings is 1. The van der Waals surface area contributed by atoms with Gasteiger partial charge in [0.2, 0.25) is 0 Å². The van der Waals surface area contributed by atoms with Gasteiger partial charge in [0.15, 0.2) is 0 Å². The Labute approximate surface area is 102 Å². The van der Waals surface area contributed by atoms with Gasteiger partial charge in [0.05, 0.1) is 5.25 Å². The third-order valence-electron chi connectivity index (χ3n) is 2.91. The maximum Gasteiger partial charge on any atom is 0.124 e. The van der Waals surface area contributed by atoms with Crippen molar-refractivity contribution in [2.45, 2.75) is 31.1 Å².